The molecule has 1 aliphatic heterocycles. The molecule has 1 aromatic carbocycles. The molecule has 0 bridgehead atoms. The van der Waals surface area contributed by atoms with Gasteiger partial charge in [-0.25, -0.2) is 0 Å². The van der Waals surface area contributed by atoms with E-state index in [0.29, 0.717) is 31.2 Å². The van der Waals surface area contributed by atoms with Crippen molar-refractivity contribution in [1.82, 2.24) is 42.1 Å². The zero-order valence-electron chi connectivity index (χ0n) is 35.5. The minimum Gasteiger partial charge on any atom is -0.508 e. The van der Waals surface area contributed by atoms with Gasteiger partial charge < -0.3 is 73.7 Å². The Balaban J connectivity index is 2.22. The molecule has 0 unspecified atom stereocenters. The largest absolute Gasteiger partial charge is 0.508 e. The van der Waals surface area contributed by atoms with E-state index in [1.807, 2.05) is 0 Å². The summed E-state index contributed by atoms with van der Waals surface area (Å²) in [7, 11) is 0. The van der Waals surface area contributed by atoms with Crippen LogP contribution >= 0.6 is 12.6 Å². The summed E-state index contributed by atoms with van der Waals surface area (Å²) in [6.45, 7) is 6.43. The fourth-order valence-electron chi connectivity index (χ4n) is 6.32. The molecule has 2 rings (SSSR count). The quantitative estimate of drug-likeness (QED) is 0.0342. The average Bonchev–Trinajstić information content (AvgIpc) is 3.72. The van der Waals surface area contributed by atoms with E-state index < -0.39 is 120 Å². The number of aliphatic hydroxyl groups is 2. The lowest BCUT2D eigenvalue weighted by molar-refractivity contribution is -0.140. The Kier molecular flexibility index (Phi) is 21.7. The lowest BCUT2D eigenvalue weighted by Crippen LogP contribution is -2.62. The van der Waals surface area contributed by atoms with Crippen molar-refractivity contribution in [3.63, 3.8) is 0 Å². The Hall–Kier alpha value is -5.36. The van der Waals surface area contributed by atoms with Gasteiger partial charge in [-0.2, -0.15) is 12.6 Å². The molecular weight excluding hydrogens is 833 g/mol. The van der Waals surface area contributed by atoms with Crippen molar-refractivity contribution in [1.29, 1.82) is 0 Å². The fraction of sp³-hybridized carbons (Fsp3) is 0.615. The molecule has 0 radical (unpaired) electrons. The molecule has 1 fully saturated rings. The molecule has 1 aromatic rings. The molecule has 0 saturated carbocycles. The van der Waals surface area contributed by atoms with Crippen LogP contribution in [-0.4, -0.2) is 160 Å². The molecule has 14 N–H and O–H groups in total. The summed E-state index contributed by atoms with van der Waals surface area (Å²) in [5.41, 5.74) is 12.1. The summed E-state index contributed by atoms with van der Waals surface area (Å²) in [6, 6.07) is -5.39. The molecular formula is C39H62N10O12S. The van der Waals surface area contributed by atoms with Crippen molar-refractivity contribution in [3.8, 4) is 5.75 Å². The lowest BCUT2D eigenvalue weighted by atomic mass is 10.0. The number of aldehydes is 1. The third-order valence-electron chi connectivity index (χ3n) is 9.89. The second-order valence-electron chi connectivity index (χ2n) is 15.4. The summed E-state index contributed by atoms with van der Waals surface area (Å²) in [5, 5.41) is 47.0. The van der Waals surface area contributed by atoms with E-state index in [1.54, 1.807) is 26.0 Å². The summed E-state index contributed by atoms with van der Waals surface area (Å²) in [6.07, 6.45) is -0.459. The van der Waals surface area contributed by atoms with Crippen molar-refractivity contribution in [2.75, 3.05) is 25.4 Å². The van der Waals surface area contributed by atoms with E-state index in [2.05, 4.69) is 49.8 Å². The number of rotatable bonds is 24. The van der Waals surface area contributed by atoms with Crippen molar-refractivity contribution < 1.29 is 58.5 Å². The number of nitrogens with zero attached hydrogens (tertiary/aromatic N) is 1. The number of carbonyl (C=O) groups is 9. The number of nitrogens with two attached hydrogens (primary N) is 2. The molecule has 1 heterocycles. The van der Waals surface area contributed by atoms with Crippen LogP contribution in [0.3, 0.4) is 0 Å². The van der Waals surface area contributed by atoms with Crippen LogP contribution in [-0.2, 0) is 49.6 Å². The van der Waals surface area contributed by atoms with Gasteiger partial charge in [0, 0.05) is 18.7 Å². The third-order valence-corrected chi connectivity index (χ3v) is 10.3. The van der Waals surface area contributed by atoms with E-state index in [0.717, 1.165) is 0 Å². The van der Waals surface area contributed by atoms with E-state index in [-0.39, 0.29) is 30.9 Å². The van der Waals surface area contributed by atoms with Gasteiger partial charge in [0.25, 0.3) is 0 Å². The van der Waals surface area contributed by atoms with E-state index in [9.17, 15) is 58.5 Å². The zero-order valence-corrected chi connectivity index (χ0v) is 36.4. The van der Waals surface area contributed by atoms with E-state index in [1.165, 1.54) is 37.8 Å². The number of likely N-dealkylation sites (tertiary alicyclic amines) is 1. The topological polar surface area (TPSA) is 354 Å². The Labute approximate surface area is 365 Å². The van der Waals surface area contributed by atoms with Gasteiger partial charge in [0.1, 0.15) is 54.3 Å². The van der Waals surface area contributed by atoms with Gasteiger partial charge in [-0.1, -0.05) is 26.0 Å². The van der Waals surface area contributed by atoms with E-state index in [4.69, 9.17) is 11.5 Å². The van der Waals surface area contributed by atoms with Gasteiger partial charge in [-0.15, -0.1) is 0 Å². The molecule has 23 heteroatoms. The Morgan fingerprint density at radius 1 is 0.790 bits per heavy atom. The standard InChI is InChI=1S/C39H62N10O12S/c1-19(2)30(37(59)48-31(22(5)52)38(60)42-21(4)32(54)46-28(17-51)35(57)43-24(16-50)18-62)47-33(55)26(12-13-40)44-34(56)27(15-23-8-10-25(53)11-9-23)45-36(58)29-7-6-14-49(29)39(61)20(3)41/h8-11,16,19-22,24,26-31,51-53,62H,6-7,12-15,17-18,40-41H2,1-5H3,(H,42,60)(H,43,57)(H,44,56)(H,45,58)(H,46,54)(H,47,55)(H,48,59)/t20-,21-,22+,24+,26-,27-,28-,29-,30-,31-/m0/s1. The maximum Gasteiger partial charge on any atom is 0.245 e. The number of aromatic hydroxyl groups is 1. The first-order valence-electron chi connectivity index (χ1n) is 20.2. The van der Waals surface area contributed by atoms with Gasteiger partial charge in [-0.3, -0.25) is 38.4 Å². The van der Waals surface area contributed by atoms with Crippen LogP contribution in [0.1, 0.15) is 59.4 Å². The second kappa shape index (κ2) is 25.5. The first-order chi connectivity index (χ1) is 29.2. The number of benzene rings is 1. The van der Waals surface area contributed by atoms with Crippen LogP contribution in [0.2, 0.25) is 0 Å². The van der Waals surface area contributed by atoms with E-state index >= 15 is 0 Å². The predicted octanol–water partition coefficient (Wildman–Crippen LogP) is -4.81. The number of amides is 8. The molecule has 1 saturated heterocycles. The van der Waals surface area contributed by atoms with Crippen molar-refractivity contribution in [2.24, 2.45) is 17.4 Å². The zero-order chi connectivity index (χ0) is 46.8. The maximum atomic E-state index is 13.9. The van der Waals surface area contributed by atoms with Crippen LogP contribution in [0, 0.1) is 5.92 Å². The van der Waals surface area contributed by atoms with Gasteiger partial charge in [-0.05, 0) is 70.2 Å². The van der Waals surface area contributed by atoms with Crippen LogP contribution in [0.25, 0.3) is 0 Å². The molecule has 22 nitrogen and oxygen atoms in total. The molecule has 1 aliphatic rings. The van der Waals surface area contributed by atoms with Crippen molar-refractivity contribution >= 4 is 66.2 Å². The predicted molar refractivity (Wildman–Crippen MR) is 227 cm³/mol. The smallest absolute Gasteiger partial charge is 0.245 e. The first kappa shape index (κ1) is 52.8. The molecule has 62 heavy (non-hydrogen) atoms. The van der Waals surface area contributed by atoms with Gasteiger partial charge in [0.15, 0.2) is 0 Å². The molecule has 0 aliphatic carbocycles. The highest BCUT2D eigenvalue weighted by Crippen LogP contribution is 2.19. The average molecular weight is 895 g/mol. The summed E-state index contributed by atoms with van der Waals surface area (Å²) in [4.78, 5) is 119. The number of carbonyl (C=O) groups excluding carboxylic acids is 9. The summed E-state index contributed by atoms with van der Waals surface area (Å²) >= 11 is 3.93. The third kappa shape index (κ3) is 15.8. The normalized spacial score (nSPS) is 18.0. The lowest BCUT2D eigenvalue weighted by Gasteiger charge is -2.30. The second-order valence-corrected chi connectivity index (χ2v) is 15.8. The van der Waals surface area contributed by atoms with Gasteiger partial charge >= 0.3 is 0 Å². The highest BCUT2D eigenvalue weighted by molar-refractivity contribution is 7.80. The molecule has 10 atom stereocenters. The number of thiol groups is 1. The minimum atomic E-state index is -1.67. The van der Waals surface area contributed by atoms with Crippen LogP contribution in [0.4, 0.5) is 0 Å². The number of phenolic OH excluding ortho intramolecular Hbond substituents is 1. The Morgan fingerprint density at radius 2 is 1.35 bits per heavy atom. The monoisotopic (exact) mass is 894 g/mol. The number of nitrogens with one attached hydrogen (secondary N) is 7. The minimum absolute atomic E-state index is 0.0352. The Morgan fingerprint density at radius 3 is 1.89 bits per heavy atom. The SMILES string of the molecule is CC(C)[C@H](NC(=O)[C@H](CCN)NC(=O)[C@H](Cc1ccc(O)cc1)NC(=O)[C@@H]1CCCN1C(=O)[C@H](C)N)C(=O)N[C@H](C(=O)N[C@@H](C)C(=O)N[C@@H](CO)C(=O)N[C@H](C=O)CS)[C@@H](C)O. The highest BCUT2D eigenvalue weighted by atomic mass is 32.1. The van der Waals surface area contributed by atoms with Crippen molar-refractivity contribution in [2.45, 2.75) is 121 Å². The molecule has 8 amide bonds. The molecule has 0 aromatic heterocycles. The van der Waals surface area contributed by atoms with Gasteiger partial charge in [0.2, 0.25) is 47.3 Å². The number of aliphatic hydroxyl groups excluding tert-OH is 2. The number of phenols is 1. The van der Waals surface area contributed by atoms with Crippen LogP contribution in [0.5, 0.6) is 5.75 Å². The highest BCUT2D eigenvalue weighted by Gasteiger charge is 2.38. The maximum absolute atomic E-state index is 13.9. The van der Waals surface area contributed by atoms with Crippen LogP contribution in [0.15, 0.2) is 24.3 Å². The van der Waals surface area contributed by atoms with Gasteiger partial charge in [0.05, 0.1) is 24.8 Å². The fourth-order valence-corrected chi connectivity index (χ4v) is 6.50. The Bertz CT molecular complexity index is 1730. The number of hydrogen-bond acceptors (Lipinski definition) is 15. The molecule has 0 spiro atoms. The van der Waals surface area contributed by atoms with Crippen LogP contribution < -0.4 is 48.7 Å². The molecule has 346 valence electrons. The summed E-state index contributed by atoms with van der Waals surface area (Å²) < 4.78 is 0. The summed E-state index contributed by atoms with van der Waals surface area (Å²) in [5.74, 6) is -7.18. The van der Waals surface area contributed by atoms with Crippen molar-refractivity contribution in [3.05, 3.63) is 29.8 Å². The first-order valence-corrected chi connectivity index (χ1v) is 20.8. The number of hydrogen-bond donors (Lipinski definition) is 13.